The molecule has 1 heterocycles. The van der Waals surface area contributed by atoms with Crippen molar-refractivity contribution in [1.29, 1.82) is 0 Å². The molecule has 0 radical (unpaired) electrons. The quantitative estimate of drug-likeness (QED) is 0.799. The minimum atomic E-state index is -0.0244. The number of thioether (sulfide) groups is 1. The lowest BCUT2D eigenvalue weighted by atomic mass is 9.87. The minimum absolute atomic E-state index is 0.0244. The van der Waals surface area contributed by atoms with E-state index in [0.29, 0.717) is 11.1 Å². The average molecular weight is 347 g/mol. The third kappa shape index (κ3) is 5.09. The molecule has 5 nitrogen and oxygen atoms in total. The molecule has 1 aromatic heterocycles. The fourth-order valence-electron chi connectivity index (χ4n) is 2.04. The van der Waals surface area contributed by atoms with E-state index in [9.17, 15) is 4.79 Å². The summed E-state index contributed by atoms with van der Waals surface area (Å²) in [5.41, 5.74) is 2.24. The second-order valence-corrected chi connectivity index (χ2v) is 7.79. The van der Waals surface area contributed by atoms with Crippen LogP contribution in [0.3, 0.4) is 0 Å². The number of hydrogen-bond acceptors (Lipinski definition) is 5. The molecule has 6 heteroatoms. The van der Waals surface area contributed by atoms with Crippen molar-refractivity contribution < 1.29 is 9.21 Å². The van der Waals surface area contributed by atoms with Gasteiger partial charge in [0.1, 0.15) is 0 Å². The van der Waals surface area contributed by atoms with E-state index in [0.717, 1.165) is 12.0 Å². The standard InChI is InChI=1S/C18H25N3O2S/c1-6-12(2)19-15(22)11-24-17-21-20-16(23-17)13-7-9-14(10-8-13)18(3,4)5/h7-10,12H,6,11H2,1-5H3,(H,19,22)/t12-/m1/s1. The zero-order chi connectivity index (χ0) is 17.7. The molecule has 2 rings (SSSR count). The number of benzene rings is 1. The van der Waals surface area contributed by atoms with Crippen LogP contribution in [0.5, 0.6) is 0 Å². The summed E-state index contributed by atoms with van der Waals surface area (Å²) in [6.07, 6.45) is 0.908. The van der Waals surface area contributed by atoms with Gasteiger partial charge in [-0.1, -0.05) is 51.6 Å². The van der Waals surface area contributed by atoms with Crippen molar-refractivity contribution in [3.63, 3.8) is 0 Å². The zero-order valence-corrected chi connectivity index (χ0v) is 15.7. The van der Waals surface area contributed by atoms with Crippen LogP contribution in [-0.4, -0.2) is 27.9 Å². The first-order valence-electron chi connectivity index (χ1n) is 8.16. The molecule has 0 aliphatic carbocycles. The van der Waals surface area contributed by atoms with Gasteiger partial charge in [-0.2, -0.15) is 0 Å². The summed E-state index contributed by atoms with van der Waals surface area (Å²) in [6, 6.07) is 8.30. The lowest BCUT2D eigenvalue weighted by molar-refractivity contribution is -0.119. The highest BCUT2D eigenvalue weighted by molar-refractivity contribution is 7.99. The number of aromatic nitrogens is 2. The lowest BCUT2D eigenvalue weighted by Gasteiger charge is -2.18. The summed E-state index contributed by atoms with van der Waals surface area (Å²) in [5, 5.41) is 11.4. The molecule has 0 fully saturated rings. The summed E-state index contributed by atoms with van der Waals surface area (Å²) >= 11 is 1.25. The van der Waals surface area contributed by atoms with Crippen molar-refractivity contribution in [3.05, 3.63) is 29.8 Å². The molecule has 1 atom stereocenters. The number of rotatable bonds is 6. The fraction of sp³-hybridized carbons (Fsp3) is 0.500. The second-order valence-electron chi connectivity index (χ2n) is 6.87. The predicted molar refractivity (Wildman–Crippen MR) is 97.1 cm³/mol. The Morgan fingerprint density at radius 3 is 2.50 bits per heavy atom. The first-order chi connectivity index (χ1) is 11.3. The highest BCUT2D eigenvalue weighted by atomic mass is 32.2. The Bertz CT molecular complexity index is 674. The van der Waals surface area contributed by atoms with E-state index >= 15 is 0 Å². The molecule has 24 heavy (non-hydrogen) atoms. The van der Waals surface area contributed by atoms with E-state index in [-0.39, 0.29) is 23.1 Å². The Morgan fingerprint density at radius 2 is 1.92 bits per heavy atom. The largest absolute Gasteiger partial charge is 0.411 e. The molecule has 2 aromatic rings. The summed E-state index contributed by atoms with van der Waals surface area (Å²) in [4.78, 5) is 11.8. The molecule has 0 bridgehead atoms. The van der Waals surface area contributed by atoms with E-state index in [4.69, 9.17) is 4.42 Å². The smallest absolute Gasteiger partial charge is 0.277 e. The third-order valence-corrected chi connectivity index (χ3v) is 4.57. The van der Waals surface area contributed by atoms with Gasteiger partial charge in [-0.15, -0.1) is 10.2 Å². The molecular formula is C18H25N3O2S. The van der Waals surface area contributed by atoms with Gasteiger partial charge in [0.05, 0.1) is 5.75 Å². The average Bonchev–Trinajstić information content (AvgIpc) is 3.01. The molecule has 0 aliphatic heterocycles. The van der Waals surface area contributed by atoms with Crippen LogP contribution in [0.2, 0.25) is 0 Å². The Balaban J connectivity index is 1.97. The van der Waals surface area contributed by atoms with E-state index in [2.05, 4.69) is 48.4 Å². The van der Waals surface area contributed by atoms with E-state index in [1.54, 1.807) is 0 Å². The van der Waals surface area contributed by atoms with Crippen molar-refractivity contribution in [2.24, 2.45) is 0 Å². The topological polar surface area (TPSA) is 68.0 Å². The summed E-state index contributed by atoms with van der Waals surface area (Å²) in [6.45, 7) is 10.5. The molecule has 0 saturated heterocycles. The Morgan fingerprint density at radius 1 is 1.25 bits per heavy atom. The number of carbonyl (C=O) groups is 1. The number of nitrogens with one attached hydrogen (secondary N) is 1. The van der Waals surface area contributed by atoms with Gasteiger partial charge in [-0.3, -0.25) is 4.79 Å². The summed E-state index contributed by atoms with van der Waals surface area (Å²) in [7, 11) is 0. The molecule has 1 amide bonds. The van der Waals surface area contributed by atoms with Gasteiger partial charge in [0.25, 0.3) is 5.22 Å². The van der Waals surface area contributed by atoms with Crippen molar-refractivity contribution >= 4 is 17.7 Å². The van der Waals surface area contributed by atoms with E-state index in [1.165, 1.54) is 17.3 Å². The van der Waals surface area contributed by atoms with Crippen LogP contribution in [0.15, 0.2) is 33.9 Å². The first kappa shape index (κ1) is 18.5. The molecule has 130 valence electrons. The molecular weight excluding hydrogens is 322 g/mol. The van der Waals surface area contributed by atoms with Gasteiger partial charge in [-0.05, 0) is 36.5 Å². The Hall–Kier alpha value is -1.82. The molecule has 0 spiro atoms. The van der Waals surface area contributed by atoms with Crippen LogP contribution in [-0.2, 0) is 10.2 Å². The van der Waals surface area contributed by atoms with Crippen LogP contribution in [0, 0.1) is 0 Å². The van der Waals surface area contributed by atoms with Crippen LogP contribution in [0.1, 0.15) is 46.6 Å². The van der Waals surface area contributed by atoms with Crippen LogP contribution in [0.4, 0.5) is 0 Å². The number of amides is 1. The first-order valence-corrected chi connectivity index (χ1v) is 9.14. The van der Waals surface area contributed by atoms with Gasteiger partial charge in [0.2, 0.25) is 11.8 Å². The minimum Gasteiger partial charge on any atom is -0.411 e. The highest BCUT2D eigenvalue weighted by Crippen LogP contribution is 2.27. The molecule has 0 unspecified atom stereocenters. The van der Waals surface area contributed by atoms with E-state index in [1.807, 2.05) is 26.0 Å². The lowest BCUT2D eigenvalue weighted by Crippen LogP contribution is -2.33. The van der Waals surface area contributed by atoms with Crippen molar-refractivity contribution in [2.75, 3.05) is 5.75 Å². The van der Waals surface area contributed by atoms with Crippen molar-refractivity contribution in [3.8, 4) is 11.5 Å². The van der Waals surface area contributed by atoms with Crippen LogP contribution >= 0.6 is 11.8 Å². The van der Waals surface area contributed by atoms with Crippen molar-refractivity contribution in [1.82, 2.24) is 15.5 Å². The molecule has 0 saturated carbocycles. The summed E-state index contributed by atoms with van der Waals surface area (Å²) < 4.78 is 5.64. The van der Waals surface area contributed by atoms with Crippen molar-refractivity contribution in [2.45, 2.75) is 57.7 Å². The zero-order valence-electron chi connectivity index (χ0n) is 14.9. The third-order valence-electron chi connectivity index (χ3n) is 3.75. The summed E-state index contributed by atoms with van der Waals surface area (Å²) in [5.74, 6) is 0.721. The maximum atomic E-state index is 11.8. The van der Waals surface area contributed by atoms with Gasteiger partial charge in [-0.25, -0.2) is 0 Å². The normalized spacial score (nSPS) is 12.9. The van der Waals surface area contributed by atoms with Gasteiger partial charge < -0.3 is 9.73 Å². The maximum Gasteiger partial charge on any atom is 0.277 e. The highest BCUT2D eigenvalue weighted by Gasteiger charge is 2.15. The second kappa shape index (κ2) is 7.83. The fourth-order valence-corrected chi connectivity index (χ4v) is 2.62. The monoisotopic (exact) mass is 347 g/mol. The Kier molecular flexibility index (Phi) is 6.04. The molecule has 1 aromatic carbocycles. The maximum absolute atomic E-state index is 11.8. The van der Waals surface area contributed by atoms with Gasteiger partial charge in [0.15, 0.2) is 0 Å². The van der Waals surface area contributed by atoms with Gasteiger partial charge in [0, 0.05) is 11.6 Å². The number of hydrogen-bond donors (Lipinski definition) is 1. The predicted octanol–water partition coefficient (Wildman–Crippen LogP) is 4.04. The van der Waals surface area contributed by atoms with Crippen LogP contribution < -0.4 is 5.32 Å². The molecule has 0 aliphatic rings. The van der Waals surface area contributed by atoms with Gasteiger partial charge >= 0.3 is 0 Å². The van der Waals surface area contributed by atoms with Crippen LogP contribution in [0.25, 0.3) is 11.5 Å². The number of nitrogens with zero attached hydrogens (tertiary/aromatic N) is 2. The van der Waals surface area contributed by atoms with E-state index < -0.39 is 0 Å². The Labute approximate surface area is 147 Å². The molecule has 1 N–H and O–H groups in total. The number of carbonyl (C=O) groups excluding carboxylic acids is 1. The SMILES string of the molecule is CC[C@@H](C)NC(=O)CSc1nnc(-c2ccc(C(C)(C)C)cc2)o1.